The standard InChI is InChI=1S/C13H21N3O.2ClH/c1-15(2)10-11-16(13(17)8-9-14)12-6-4-3-5-7-12;;/h3-7H,8-11,14H2,1-2H3;2*1H. The van der Waals surface area contributed by atoms with Gasteiger partial charge in [-0.2, -0.15) is 0 Å². The van der Waals surface area contributed by atoms with E-state index in [1.54, 1.807) is 4.90 Å². The summed E-state index contributed by atoms with van der Waals surface area (Å²) in [6.07, 6.45) is 0.391. The SMILES string of the molecule is CN(C)CCN(C(=O)CCN)c1ccccc1.Cl.Cl. The van der Waals surface area contributed by atoms with Crippen LogP contribution in [0.25, 0.3) is 0 Å². The van der Waals surface area contributed by atoms with Crippen molar-refractivity contribution in [2.24, 2.45) is 5.73 Å². The molecule has 2 N–H and O–H groups in total. The van der Waals surface area contributed by atoms with Crippen LogP contribution < -0.4 is 10.6 Å². The van der Waals surface area contributed by atoms with E-state index in [-0.39, 0.29) is 30.7 Å². The van der Waals surface area contributed by atoms with Gasteiger partial charge in [-0.1, -0.05) is 18.2 Å². The van der Waals surface area contributed by atoms with E-state index in [9.17, 15) is 4.79 Å². The number of carbonyl (C=O) groups excluding carboxylic acids is 1. The Bertz CT molecular complexity index is 347. The Labute approximate surface area is 127 Å². The monoisotopic (exact) mass is 307 g/mol. The molecule has 0 bridgehead atoms. The second-order valence-electron chi connectivity index (χ2n) is 4.22. The van der Waals surface area contributed by atoms with Gasteiger partial charge in [-0.3, -0.25) is 4.79 Å². The minimum atomic E-state index is 0. The number of hydrogen-bond acceptors (Lipinski definition) is 3. The maximum atomic E-state index is 12.0. The molecule has 0 spiro atoms. The maximum Gasteiger partial charge on any atom is 0.228 e. The van der Waals surface area contributed by atoms with Gasteiger partial charge in [-0.25, -0.2) is 0 Å². The van der Waals surface area contributed by atoms with E-state index < -0.39 is 0 Å². The second-order valence-corrected chi connectivity index (χ2v) is 4.22. The molecule has 0 aliphatic carbocycles. The van der Waals surface area contributed by atoms with Crippen LogP contribution in [0.3, 0.4) is 0 Å². The first-order valence-electron chi connectivity index (χ1n) is 5.85. The van der Waals surface area contributed by atoms with Crippen molar-refractivity contribution in [1.29, 1.82) is 0 Å². The summed E-state index contributed by atoms with van der Waals surface area (Å²) in [5.41, 5.74) is 6.38. The van der Waals surface area contributed by atoms with E-state index in [1.807, 2.05) is 44.4 Å². The molecule has 0 aromatic heterocycles. The summed E-state index contributed by atoms with van der Waals surface area (Å²) in [7, 11) is 3.99. The molecule has 0 aliphatic heterocycles. The van der Waals surface area contributed by atoms with Crippen molar-refractivity contribution in [1.82, 2.24) is 4.90 Å². The Kier molecular flexibility index (Phi) is 11.9. The highest BCUT2D eigenvalue weighted by molar-refractivity contribution is 5.93. The fourth-order valence-electron chi connectivity index (χ4n) is 1.56. The molecule has 0 aliphatic rings. The highest BCUT2D eigenvalue weighted by Crippen LogP contribution is 2.14. The molecule has 4 nitrogen and oxygen atoms in total. The van der Waals surface area contributed by atoms with Gasteiger partial charge < -0.3 is 15.5 Å². The van der Waals surface area contributed by atoms with Gasteiger partial charge in [-0.05, 0) is 26.2 Å². The largest absolute Gasteiger partial charge is 0.330 e. The lowest BCUT2D eigenvalue weighted by atomic mass is 10.2. The summed E-state index contributed by atoms with van der Waals surface area (Å²) >= 11 is 0. The predicted octanol–water partition coefficient (Wildman–Crippen LogP) is 1.77. The topological polar surface area (TPSA) is 49.6 Å². The van der Waals surface area contributed by atoms with Crippen LogP contribution in [0.5, 0.6) is 0 Å². The van der Waals surface area contributed by atoms with Gasteiger partial charge in [0.2, 0.25) is 5.91 Å². The van der Waals surface area contributed by atoms with Crippen LogP contribution in [0.2, 0.25) is 0 Å². The number of nitrogens with zero attached hydrogens (tertiary/aromatic N) is 2. The summed E-state index contributed by atoms with van der Waals surface area (Å²) in [4.78, 5) is 15.8. The number of likely N-dealkylation sites (N-methyl/N-ethyl adjacent to an activating group) is 1. The summed E-state index contributed by atoms with van der Waals surface area (Å²) in [6.45, 7) is 1.92. The summed E-state index contributed by atoms with van der Waals surface area (Å²) < 4.78 is 0. The zero-order valence-electron chi connectivity index (χ0n) is 11.4. The van der Waals surface area contributed by atoms with Crippen molar-refractivity contribution in [3.63, 3.8) is 0 Å². The van der Waals surface area contributed by atoms with E-state index in [0.717, 1.165) is 12.2 Å². The Hall–Kier alpha value is -0.810. The molecule has 19 heavy (non-hydrogen) atoms. The van der Waals surface area contributed by atoms with Crippen LogP contribution in [-0.4, -0.2) is 44.5 Å². The number of nitrogens with two attached hydrogens (primary N) is 1. The molecule has 1 aromatic rings. The fraction of sp³-hybridized carbons (Fsp3) is 0.462. The van der Waals surface area contributed by atoms with Crippen LogP contribution in [0, 0.1) is 0 Å². The Morgan fingerprint density at radius 2 is 1.68 bits per heavy atom. The summed E-state index contributed by atoms with van der Waals surface area (Å²) in [5, 5.41) is 0. The molecular formula is C13H23Cl2N3O. The first kappa shape index (κ1) is 20.5. The molecule has 6 heteroatoms. The number of rotatable bonds is 6. The number of carbonyl (C=O) groups is 1. The minimum Gasteiger partial charge on any atom is -0.330 e. The number of amides is 1. The van der Waals surface area contributed by atoms with E-state index in [1.165, 1.54) is 0 Å². The lowest BCUT2D eigenvalue weighted by Gasteiger charge is -2.24. The maximum absolute atomic E-state index is 12.0. The van der Waals surface area contributed by atoms with Crippen LogP contribution >= 0.6 is 24.8 Å². The molecule has 0 heterocycles. The number of halogens is 2. The van der Waals surface area contributed by atoms with E-state index >= 15 is 0 Å². The van der Waals surface area contributed by atoms with Gasteiger partial charge in [-0.15, -0.1) is 24.8 Å². The smallest absolute Gasteiger partial charge is 0.228 e. The molecule has 0 saturated heterocycles. The first-order chi connectivity index (χ1) is 8.15. The van der Waals surface area contributed by atoms with Gasteiger partial charge in [0.1, 0.15) is 0 Å². The third-order valence-corrected chi connectivity index (χ3v) is 2.50. The van der Waals surface area contributed by atoms with Gasteiger partial charge in [0.25, 0.3) is 0 Å². The van der Waals surface area contributed by atoms with Crippen molar-refractivity contribution >= 4 is 36.4 Å². The lowest BCUT2D eigenvalue weighted by Crippen LogP contribution is -2.37. The third kappa shape index (κ3) is 7.38. The average Bonchev–Trinajstić information content (AvgIpc) is 2.30. The van der Waals surface area contributed by atoms with Gasteiger partial charge in [0.15, 0.2) is 0 Å². The van der Waals surface area contributed by atoms with Crippen molar-refractivity contribution in [3.8, 4) is 0 Å². The molecule has 0 saturated carbocycles. The van der Waals surface area contributed by atoms with Crippen LogP contribution in [0.1, 0.15) is 6.42 Å². The Morgan fingerprint density at radius 1 is 1.11 bits per heavy atom. The molecule has 0 fully saturated rings. The number of para-hydroxylation sites is 1. The fourth-order valence-corrected chi connectivity index (χ4v) is 1.56. The number of benzene rings is 1. The number of anilines is 1. The molecule has 1 amide bonds. The van der Waals surface area contributed by atoms with Crippen molar-refractivity contribution in [3.05, 3.63) is 30.3 Å². The highest BCUT2D eigenvalue weighted by Gasteiger charge is 2.14. The highest BCUT2D eigenvalue weighted by atomic mass is 35.5. The normalized spacial score (nSPS) is 9.47. The predicted molar refractivity (Wildman–Crippen MR) is 85.5 cm³/mol. The van der Waals surface area contributed by atoms with Crippen molar-refractivity contribution in [2.75, 3.05) is 38.6 Å². The van der Waals surface area contributed by atoms with Crippen LogP contribution in [-0.2, 0) is 4.79 Å². The summed E-state index contributed by atoms with van der Waals surface area (Å²) in [5.74, 6) is 0.0838. The van der Waals surface area contributed by atoms with Gasteiger partial charge in [0, 0.05) is 31.7 Å². The quantitative estimate of drug-likeness (QED) is 0.871. The Morgan fingerprint density at radius 3 is 2.16 bits per heavy atom. The van der Waals surface area contributed by atoms with Crippen molar-refractivity contribution < 1.29 is 4.79 Å². The second kappa shape index (κ2) is 11.1. The average molecular weight is 308 g/mol. The molecule has 1 rings (SSSR count). The molecular weight excluding hydrogens is 285 g/mol. The van der Waals surface area contributed by atoms with Gasteiger partial charge in [0.05, 0.1) is 0 Å². The van der Waals surface area contributed by atoms with E-state index in [4.69, 9.17) is 5.73 Å². The van der Waals surface area contributed by atoms with E-state index in [0.29, 0.717) is 19.5 Å². The molecule has 0 atom stereocenters. The molecule has 110 valence electrons. The van der Waals surface area contributed by atoms with Crippen molar-refractivity contribution in [2.45, 2.75) is 6.42 Å². The van der Waals surface area contributed by atoms with Crippen LogP contribution in [0.15, 0.2) is 30.3 Å². The summed E-state index contributed by atoms with van der Waals surface area (Å²) in [6, 6.07) is 9.72. The van der Waals surface area contributed by atoms with E-state index in [2.05, 4.69) is 4.90 Å². The third-order valence-electron chi connectivity index (χ3n) is 2.50. The Balaban J connectivity index is 0. The minimum absolute atomic E-state index is 0. The molecule has 0 radical (unpaired) electrons. The van der Waals surface area contributed by atoms with Gasteiger partial charge >= 0.3 is 0 Å². The molecule has 0 unspecified atom stereocenters. The zero-order chi connectivity index (χ0) is 12.7. The molecule has 1 aromatic carbocycles. The number of hydrogen-bond donors (Lipinski definition) is 1. The zero-order valence-corrected chi connectivity index (χ0v) is 13.0. The lowest BCUT2D eigenvalue weighted by molar-refractivity contribution is -0.118. The van der Waals surface area contributed by atoms with Crippen LogP contribution in [0.4, 0.5) is 5.69 Å². The first-order valence-corrected chi connectivity index (χ1v) is 5.85.